The summed E-state index contributed by atoms with van der Waals surface area (Å²) in [6.07, 6.45) is 0.767. The number of benzene rings is 1. The fraction of sp³-hybridized carbons (Fsp3) is 0.118. The van der Waals surface area contributed by atoms with Crippen LogP contribution in [0, 0.1) is 0 Å². The molecule has 3 aromatic rings. The molecule has 122 valence electrons. The Hall–Kier alpha value is -3.35. The largest absolute Gasteiger partial charge is 0.450 e. The standard InChI is InChI=1S/C17H14N2O5/c1-2-23-17(22)19-12-6-4-3-5-10(12)14-9-13(20)11-7-8-18-16(21)15(11)24-14/h3-9H,2H2,1H3,(H,18,21)(H,19,22). The molecule has 0 aliphatic rings. The van der Waals surface area contributed by atoms with E-state index in [9.17, 15) is 14.4 Å². The minimum atomic E-state index is -0.620. The SMILES string of the molecule is CCOC(=O)Nc1ccccc1-c1cc(=O)c2cc[nH]c(=O)c2o1. The fourth-order valence-electron chi connectivity index (χ4n) is 2.31. The van der Waals surface area contributed by atoms with E-state index in [2.05, 4.69) is 10.3 Å². The lowest BCUT2D eigenvalue weighted by atomic mass is 10.1. The van der Waals surface area contributed by atoms with Crippen LogP contribution in [0.25, 0.3) is 22.3 Å². The Bertz CT molecular complexity index is 1020. The molecule has 7 nitrogen and oxygen atoms in total. The van der Waals surface area contributed by atoms with Crippen molar-refractivity contribution >= 4 is 22.7 Å². The van der Waals surface area contributed by atoms with E-state index in [0.717, 1.165) is 0 Å². The molecule has 7 heteroatoms. The Morgan fingerprint density at radius 1 is 1.25 bits per heavy atom. The van der Waals surface area contributed by atoms with Gasteiger partial charge >= 0.3 is 6.09 Å². The summed E-state index contributed by atoms with van der Waals surface area (Å²) < 4.78 is 10.5. The van der Waals surface area contributed by atoms with Crippen molar-refractivity contribution in [2.75, 3.05) is 11.9 Å². The zero-order valence-corrected chi connectivity index (χ0v) is 12.8. The second-order valence-electron chi connectivity index (χ2n) is 4.92. The van der Waals surface area contributed by atoms with Crippen molar-refractivity contribution in [3.05, 3.63) is 63.2 Å². The molecular weight excluding hydrogens is 312 g/mol. The van der Waals surface area contributed by atoms with Crippen LogP contribution in [0.15, 0.2) is 56.6 Å². The van der Waals surface area contributed by atoms with Crippen LogP contribution in [0.4, 0.5) is 10.5 Å². The molecule has 24 heavy (non-hydrogen) atoms. The molecule has 0 radical (unpaired) electrons. The van der Waals surface area contributed by atoms with Crippen molar-refractivity contribution in [2.45, 2.75) is 6.92 Å². The number of para-hydroxylation sites is 1. The first-order valence-electron chi connectivity index (χ1n) is 7.29. The number of pyridine rings is 1. The Balaban J connectivity index is 2.15. The molecule has 0 saturated heterocycles. The van der Waals surface area contributed by atoms with Gasteiger partial charge in [-0.25, -0.2) is 4.79 Å². The number of carbonyl (C=O) groups is 1. The molecule has 1 amide bonds. The van der Waals surface area contributed by atoms with Crippen molar-refractivity contribution in [3.8, 4) is 11.3 Å². The fourth-order valence-corrected chi connectivity index (χ4v) is 2.31. The van der Waals surface area contributed by atoms with E-state index < -0.39 is 11.7 Å². The molecule has 2 N–H and O–H groups in total. The number of hydrogen-bond acceptors (Lipinski definition) is 5. The van der Waals surface area contributed by atoms with Gasteiger partial charge in [-0.3, -0.25) is 14.9 Å². The predicted molar refractivity (Wildman–Crippen MR) is 89.2 cm³/mol. The lowest BCUT2D eigenvalue weighted by Gasteiger charge is -2.10. The summed E-state index contributed by atoms with van der Waals surface area (Å²) in [4.78, 5) is 38.2. The number of aromatic nitrogens is 1. The van der Waals surface area contributed by atoms with Crippen LogP contribution in [-0.2, 0) is 4.74 Å². The maximum atomic E-state index is 12.2. The van der Waals surface area contributed by atoms with Crippen molar-refractivity contribution in [2.24, 2.45) is 0 Å². The molecule has 1 aromatic carbocycles. The van der Waals surface area contributed by atoms with Gasteiger partial charge in [-0.1, -0.05) is 12.1 Å². The lowest BCUT2D eigenvalue weighted by molar-refractivity contribution is 0.168. The van der Waals surface area contributed by atoms with Gasteiger partial charge < -0.3 is 14.1 Å². The average molecular weight is 326 g/mol. The van der Waals surface area contributed by atoms with Gasteiger partial charge in [-0.2, -0.15) is 0 Å². The van der Waals surface area contributed by atoms with Gasteiger partial charge in [0.05, 0.1) is 17.7 Å². The molecule has 2 heterocycles. The molecular formula is C17H14N2O5. The van der Waals surface area contributed by atoms with Gasteiger partial charge in [0.15, 0.2) is 5.43 Å². The molecule has 0 unspecified atom stereocenters. The molecule has 0 aliphatic carbocycles. The van der Waals surface area contributed by atoms with Gasteiger partial charge in [0, 0.05) is 17.8 Å². The quantitative estimate of drug-likeness (QED) is 0.770. The molecule has 0 fully saturated rings. The van der Waals surface area contributed by atoms with Crippen LogP contribution >= 0.6 is 0 Å². The van der Waals surface area contributed by atoms with Crippen molar-refractivity contribution in [3.63, 3.8) is 0 Å². The number of nitrogens with one attached hydrogen (secondary N) is 2. The first-order chi connectivity index (χ1) is 11.6. The Morgan fingerprint density at radius 3 is 2.83 bits per heavy atom. The molecule has 0 saturated carbocycles. The number of ether oxygens (including phenoxy) is 1. The van der Waals surface area contributed by atoms with Gasteiger partial charge in [0.25, 0.3) is 5.56 Å². The van der Waals surface area contributed by atoms with Crippen LogP contribution in [0.2, 0.25) is 0 Å². The summed E-state index contributed by atoms with van der Waals surface area (Å²) in [6, 6.07) is 9.53. The summed E-state index contributed by atoms with van der Waals surface area (Å²) in [5.74, 6) is 0.177. The number of H-pyrrole nitrogens is 1. The third-order valence-electron chi connectivity index (χ3n) is 3.36. The predicted octanol–water partition coefficient (Wildman–Crippen LogP) is 2.72. The number of fused-ring (bicyclic) bond motifs is 1. The van der Waals surface area contributed by atoms with Crippen molar-refractivity contribution in [1.82, 2.24) is 4.98 Å². The van der Waals surface area contributed by atoms with Crippen molar-refractivity contribution in [1.29, 1.82) is 0 Å². The van der Waals surface area contributed by atoms with Gasteiger partial charge in [-0.05, 0) is 25.1 Å². The third kappa shape index (κ3) is 2.91. The first kappa shape index (κ1) is 15.5. The van der Waals surface area contributed by atoms with Gasteiger partial charge in [-0.15, -0.1) is 0 Å². The highest BCUT2D eigenvalue weighted by atomic mass is 16.5. The highest BCUT2D eigenvalue weighted by Gasteiger charge is 2.14. The number of aromatic amines is 1. The van der Waals surface area contributed by atoms with Crippen LogP contribution in [0.1, 0.15) is 6.92 Å². The van der Waals surface area contributed by atoms with E-state index in [-0.39, 0.29) is 28.8 Å². The second-order valence-corrected chi connectivity index (χ2v) is 4.92. The summed E-state index contributed by atoms with van der Waals surface area (Å²) >= 11 is 0. The highest BCUT2D eigenvalue weighted by molar-refractivity contribution is 5.91. The smallest absolute Gasteiger partial charge is 0.411 e. The average Bonchev–Trinajstić information content (AvgIpc) is 2.56. The topological polar surface area (TPSA) is 101 Å². The van der Waals surface area contributed by atoms with Gasteiger partial charge in [0.2, 0.25) is 5.58 Å². The maximum Gasteiger partial charge on any atom is 0.411 e. The molecule has 0 aliphatic heterocycles. The van der Waals surface area contributed by atoms with E-state index in [1.165, 1.54) is 18.3 Å². The summed E-state index contributed by atoms with van der Waals surface area (Å²) in [5.41, 5.74) is -0.0323. The van der Waals surface area contributed by atoms with Crippen LogP contribution in [-0.4, -0.2) is 17.7 Å². The number of hydrogen-bond donors (Lipinski definition) is 2. The number of rotatable bonds is 3. The van der Waals surface area contributed by atoms with Crippen LogP contribution < -0.4 is 16.3 Å². The molecule has 3 rings (SSSR count). The second kappa shape index (κ2) is 6.41. The number of carbonyl (C=O) groups excluding carboxylic acids is 1. The normalized spacial score (nSPS) is 10.5. The zero-order chi connectivity index (χ0) is 17.1. The van der Waals surface area contributed by atoms with Gasteiger partial charge in [0.1, 0.15) is 5.76 Å². The van der Waals surface area contributed by atoms with E-state index in [0.29, 0.717) is 11.3 Å². The maximum absolute atomic E-state index is 12.2. The summed E-state index contributed by atoms with van der Waals surface area (Å²) in [7, 11) is 0. The summed E-state index contributed by atoms with van der Waals surface area (Å²) in [5, 5.41) is 2.78. The molecule has 0 spiro atoms. The molecule has 0 atom stereocenters. The monoisotopic (exact) mass is 326 g/mol. The van der Waals surface area contributed by atoms with Crippen LogP contribution in [0.5, 0.6) is 0 Å². The van der Waals surface area contributed by atoms with E-state index in [1.54, 1.807) is 31.2 Å². The summed E-state index contributed by atoms with van der Waals surface area (Å²) in [6.45, 7) is 1.93. The Kier molecular flexibility index (Phi) is 4.15. The van der Waals surface area contributed by atoms with Crippen LogP contribution in [0.3, 0.4) is 0 Å². The highest BCUT2D eigenvalue weighted by Crippen LogP contribution is 2.28. The van der Waals surface area contributed by atoms with E-state index >= 15 is 0 Å². The van der Waals surface area contributed by atoms with E-state index in [1.807, 2.05) is 0 Å². The van der Waals surface area contributed by atoms with E-state index in [4.69, 9.17) is 9.15 Å². The first-order valence-corrected chi connectivity index (χ1v) is 7.29. The number of anilines is 1. The number of amides is 1. The van der Waals surface area contributed by atoms with Crippen molar-refractivity contribution < 1.29 is 13.9 Å². The Morgan fingerprint density at radius 2 is 2.04 bits per heavy atom. The minimum absolute atomic E-state index is 0.0639. The molecule has 0 bridgehead atoms. The Labute approximate surface area is 135 Å². The minimum Gasteiger partial charge on any atom is -0.450 e. The molecule has 2 aromatic heterocycles. The lowest BCUT2D eigenvalue weighted by Crippen LogP contribution is -2.14. The third-order valence-corrected chi connectivity index (χ3v) is 3.36. The zero-order valence-electron chi connectivity index (χ0n) is 12.8.